The van der Waals surface area contributed by atoms with Crippen molar-refractivity contribution in [3.05, 3.63) is 75.3 Å². The highest BCUT2D eigenvalue weighted by molar-refractivity contribution is 6.01. The molecule has 6 heteroatoms. The van der Waals surface area contributed by atoms with Gasteiger partial charge in [0.15, 0.2) is 0 Å². The third-order valence-corrected chi connectivity index (χ3v) is 3.11. The van der Waals surface area contributed by atoms with Gasteiger partial charge in [0.1, 0.15) is 0 Å². The molecule has 0 aliphatic heterocycles. The Morgan fingerprint density at radius 3 is 2.45 bits per heavy atom. The highest BCUT2D eigenvalue weighted by Gasteiger charge is 2.08. The average Bonchev–Trinajstić information content (AvgIpc) is 2.53. The summed E-state index contributed by atoms with van der Waals surface area (Å²) < 4.78 is 0. The Hall–Kier alpha value is -3.02. The summed E-state index contributed by atoms with van der Waals surface area (Å²) in [7, 11) is 0. The maximum atomic E-state index is 11.9. The number of nitro benzene ring substituents is 1. The van der Waals surface area contributed by atoms with Crippen molar-refractivity contribution in [1.82, 2.24) is 5.43 Å². The minimum atomic E-state index is -0.471. The number of benzene rings is 2. The average molecular weight is 297 g/mol. The summed E-state index contributed by atoms with van der Waals surface area (Å²) in [4.78, 5) is 22.2. The van der Waals surface area contributed by atoms with Crippen LogP contribution in [0.2, 0.25) is 0 Å². The molecule has 1 amide bonds. The summed E-state index contributed by atoms with van der Waals surface area (Å²) in [5.74, 6) is -0.329. The summed E-state index contributed by atoms with van der Waals surface area (Å²) in [5.41, 5.74) is 5.06. The number of nitrogens with one attached hydrogen (secondary N) is 1. The van der Waals surface area contributed by atoms with Crippen molar-refractivity contribution < 1.29 is 9.72 Å². The maximum Gasteiger partial charge on any atom is 0.271 e. The molecule has 0 radical (unpaired) electrons. The van der Waals surface area contributed by atoms with E-state index in [1.54, 1.807) is 31.2 Å². The molecule has 2 rings (SSSR count). The number of nitro groups is 1. The first-order chi connectivity index (χ1) is 10.5. The first-order valence-corrected chi connectivity index (χ1v) is 6.63. The zero-order chi connectivity index (χ0) is 16.1. The van der Waals surface area contributed by atoms with Crippen molar-refractivity contribution in [3.8, 4) is 0 Å². The summed E-state index contributed by atoms with van der Waals surface area (Å²) >= 11 is 0. The normalized spacial score (nSPS) is 11.1. The highest BCUT2D eigenvalue weighted by atomic mass is 16.6. The minimum Gasteiger partial charge on any atom is -0.267 e. The monoisotopic (exact) mass is 297 g/mol. The number of amides is 1. The molecule has 0 saturated heterocycles. The molecular weight excluding hydrogens is 282 g/mol. The van der Waals surface area contributed by atoms with E-state index in [-0.39, 0.29) is 11.6 Å². The summed E-state index contributed by atoms with van der Waals surface area (Å²) in [6, 6.07) is 13.2. The van der Waals surface area contributed by atoms with Gasteiger partial charge in [0.05, 0.1) is 10.6 Å². The number of carbonyl (C=O) groups is 1. The summed E-state index contributed by atoms with van der Waals surface area (Å²) in [5, 5.41) is 14.7. The first-order valence-electron chi connectivity index (χ1n) is 6.63. The Bertz CT molecular complexity index is 737. The lowest BCUT2D eigenvalue weighted by molar-refractivity contribution is -0.384. The van der Waals surface area contributed by atoms with Crippen LogP contribution in [0, 0.1) is 17.0 Å². The fraction of sp³-hybridized carbons (Fsp3) is 0.125. The van der Waals surface area contributed by atoms with Crippen LogP contribution >= 0.6 is 0 Å². The van der Waals surface area contributed by atoms with Gasteiger partial charge in [0.25, 0.3) is 11.6 Å². The second-order valence-electron chi connectivity index (χ2n) is 4.81. The molecular formula is C16H15N3O3. The Morgan fingerprint density at radius 1 is 1.14 bits per heavy atom. The molecule has 6 nitrogen and oxygen atoms in total. The molecule has 0 spiro atoms. The largest absolute Gasteiger partial charge is 0.271 e. The summed E-state index contributed by atoms with van der Waals surface area (Å²) in [6.45, 7) is 3.61. The van der Waals surface area contributed by atoms with Crippen molar-refractivity contribution in [2.24, 2.45) is 5.10 Å². The number of carbonyl (C=O) groups excluding carboxylic acids is 1. The van der Waals surface area contributed by atoms with E-state index in [4.69, 9.17) is 0 Å². The molecule has 0 aromatic heterocycles. The Labute approximate surface area is 127 Å². The van der Waals surface area contributed by atoms with E-state index >= 15 is 0 Å². The number of aryl methyl sites for hydroxylation is 1. The van der Waals surface area contributed by atoms with E-state index in [1.807, 2.05) is 19.1 Å². The standard InChI is InChI=1S/C16H15N3O3/c1-11-6-8-13(9-7-11)16(20)18-17-12(2)14-4-3-5-15(10-14)19(21)22/h3-10H,1-2H3,(H,18,20). The highest BCUT2D eigenvalue weighted by Crippen LogP contribution is 2.13. The Kier molecular flexibility index (Phi) is 4.63. The second kappa shape index (κ2) is 6.62. The predicted octanol–water partition coefficient (Wildman–Crippen LogP) is 3.06. The van der Waals surface area contributed by atoms with Gasteiger partial charge in [-0.3, -0.25) is 14.9 Å². The van der Waals surface area contributed by atoms with Gasteiger partial charge in [0.2, 0.25) is 0 Å². The van der Waals surface area contributed by atoms with Crippen LogP contribution in [-0.2, 0) is 0 Å². The molecule has 0 aliphatic carbocycles. The van der Waals surface area contributed by atoms with Crippen LogP contribution in [0.25, 0.3) is 0 Å². The van der Waals surface area contributed by atoms with Crippen LogP contribution in [0.15, 0.2) is 53.6 Å². The van der Waals surface area contributed by atoms with Gasteiger partial charge in [-0.05, 0) is 26.0 Å². The van der Waals surface area contributed by atoms with E-state index in [0.29, 0.717) is 16.8 Å². The number of rotatable bonds is 4. The lowest BCUT2D eigenvalue weighted by atomic mass is 10.1. The maximum absolute atomic E-state index is 11.9. The van der Waals surface area contributed by atoms with Gasteiger partial charge in [-0.25, -0.2) is 5.43 Å². The lowest BCUT2D eigenvalue weighted by Gasteiger charge is -2.03. The third-order valence-electron chi connectivity index (χ3n) is 3.11. The molecule has 1 N–H and O–H groups in total. The van der Waals surface area contributed by atoms with Crippen LogP contribution in [0.5, 0.6) is 0 Å². The molecule has 2 aromatic rings. The van der Waals surface area contributed by atoms with Gasteiger partial charge in [-0.2, -0.15) is 5.10 Å². The smallest absolute Gasteiger partial charge is 0.267 e. The quantitative estimate of drug-likeness (QED) is 0.534. The van der Waals surface area contributed by atoms with Crippen molar-refractivity contribution in [1.29, 1.82) is 0 Å². The van der Waals surface area contributed by atoms with Crippen molar-refractivity contribution in [3.63, 3.8) is 0 Å². The van der Waals surface area contributed by atoms with Gasteiger partial charge in [-0.15, -0.1) is 0 Å². The molecule has 0 atom stereocenters. The van der Waals surface area contributed by atoms with E-state index in [2.05, 4.69) is 10.5 Å². The fourth-order valence-corrected chi connectivity index (χ4v) is 1.81. The number of nitrogens with zero attached hydrogens (tertiary/aromatic N) is 2. The molecule has 2 aromatic carbocycles. The SMILES string of the molecule is CC(=NNC(=O)c1ccc(C)cc1)c1cccc([N+](=O)[O-])c1. The van der Waals surface area contributed by atoms with Gasteiger partial charge in [-0.1, -0.05) is 29.8 Å². The minimum absolute atomic E-state index is 0.0167. The number of hydrogen-bond donors (Lipinski definition) is 1. The second-order valence-corrected chi connectivity index (χ2v) is 4.81. The number of hydrogen-bond acceptors (Lipinski definition) is 4. The van der Waals surface area contributed by atoms with Crippen LogP contribution in [-0.4, -0.2) is 16.5 Å². The van der Waals surface area contributed by atoms with Crippen LogP contribution in [0.1, 0.15) is 28.4 Å². The van der Waals surface area contributed by atoms with E-state index < -0.39 is 4.92 Å². The molecule has 22 heavy (non-hydrogen) atoms. The molecule has 0 saturated carbocycles. The van der Waals surface area contributed by atoms with E-state index in [9.17, 15) is 14.9 Å². The molecule has 0 unspecified atom stereocenters. The van der Waals surface area contributed by atoms with Crippen LogP contribution < -0.4 is 5.43 Å². The van der Waals surface area contributed by atoms with Gasteiger partial charge >= 0.3 is 0 Å². The van der Waals surface area contributed by atoms with Crippen LogP contribution in [0.4, 0.5) is 5.69 Å². The lowest BCUT2D eigenvalue weighted by Crippen LogP contribution is -2.19. The van der Waals surface area contributed by atoms with Crippen LogP contribution in [0.3, 0.4) is 0 Å². The van der Waals surface area contributed by atoms with Gasteiger partial charge in [0, 0.05) is 23.3 Å². The fourth-order valence-electron chi connectivity index (χ4n) is 1.81. The zero-order valence-corrected chi connectivity index (χ0v) is 12.2. The first kappa shape index (κ1) is 15.4. The molecule has 0 bridgehead atoms. The topological polar surface area (TPSA) is 84.6 Å². The third kappa shape index (κ3) is 3.76. The van der Waals surface area contributed by atoms with Crippen molar-refractivity contribution in [2.75, 3.05) is 0 Å². The molecule has 0 aliphatic rings. The number of hydrazone groups is 1. The van der Waals surface area contributed by atoms with E-state index in [0.717, 1.165) is 5.56 Å². The number of non-ortho nitro benzene ring substituents is 1. The molecule has 0 fully saturated rings. The molecule has 112 valence electrons. The van der Waals surface area contributed by atoms with Crippen molar-refractivity contribution >= 4 is 17.3 Å². The zero-order valence-electron chi connectivity index (χ0n) is 12.2. The Morgan fingerprint density at radius 2 is 1.82 bits per heavy atom. The van der Waals surface area contributed by atoms with Crippen molar-refractivity contribution in [2.45, 2.75) is 13.8 Å². The Balaban J connectivity index is 2.12. The predicted molar refractivity (Wildman–Crippen MR) is 84.0 cm³/mol. The van der Waals surface area contributed by atoms with E-state index in [1.165, 1.54) is 12.1 Å². The molecule has 0 heterocycles. The van der Waals surface area contributed by atoms with Gasteiger partial charge < -0.3 is 0 Å². The summed E-state index contributed by atoms with van der Waals surface area (Å²) in [6.07, 6.45) is 0.